The monoisotopic (exact) mass is 260 g/mol. The van der Waals surface area contributed by atoms with Crippen molar-refractivity contribution in [3.8, 4) is 0 Å². The highest BCUT2D eigenvalue weighted by Gasteiger charge is 2.22. The van der Waals surface area contributed by atoms with E-state index in [1.807, 2.05) is 0 Å². The molecular formula is C12H24N2O2S. The summed E-state index contributed by atoms with van der Waals surface area (Å²) in [4.78, 5) is 13.4. The standard InChI is InChI=1S/C12H24N2O2S/c1-14(9-4-8-13)12(15)7-10-17(16)11-5-2-3-6-11/h11H,2-10,13H2,1H3. The van der Waals surface area contributed by atoms with Crippen molar-refractivity contribution < 1.29 is 9.00 Å². The summed E-state index contributed by atoms with van der Waals surface area (Å²) in [6.07, 6.45) is 5.77. The van der Waals surface area contributed by atoms with Gasteiger partial charge in [0.2, 0.25) is 5.91 Å². The maximum atomic E-state index is 11.9. The van der Waals surface area contributed by atoms with Crippen LogP contribution in [0.5, 0.6) is 0 Å². The Morgan fingerprint density at radius 3 is 2.65 bits per heavy atom. The molecule has 2 N–H and O–H groups in total. The third-order valence-electron chi connectivity index (χ3n) is 3.31. The van der Waals surface area contributed by atoms with E-state index in [9.17, 15) is 9.00 Å². The van der Waals surface area contributed by atoms with E-state index in [1.165, 1.54) is 12.8 Å². The fourth-order valence-electron chi connectivity index (χ4n) is 2.15. The maximum Gasteiger partial charge on any atom is 0.223 e. The van der Waals surface area contributed by atoms with Gasteiger partial charge in [-0.1, -0.05) is 12.8 Å². The zero-order chi connectivity index (χ0) is 12.7. The van der Waals surface area contributed by atoms with Crippen LogP contribution in [0.3, 0.4) is 0 Å². The first kappa shape index (κ1) is 14.6. The molecule has 0 heterocycles. The molecule has 0 saturated heterocycles. The van der Waals surface area contributed by atoms with Crippen LogP contribution >= 0.6 is 0 Å². The molecule has 1 saturated carbocycles. The molecule has 0 aromatic rings. The zero-order valence-electron chi connectivity index (χ0n) is 10.7. The molecule has 1 aliphatic rings. The average Bonchev–Trinajstić information content (AvgIpc) is 2.86. The minimum absolute atomic E-state index is 0.0878. The predicted octanol–water partition coefficient (Wildman–Crippen LogP) is 0.875. The third kappa shape index (κ3) is 5.17. The van der Waals surface area contributed by atoms with Crippen LogP contribution in [-0.4, -0.2) is 46.2 Å². The van der Waals surface area contributed by atoms with Gasteiger partial charge < -0.3 is 10.6 Å². The number of carbonyl (C=O) groups excluding carboxylic acids is 1. The first-order valence-electron chi connectivity index (χ1n) is 6.46. The summed E-state index contributed by atoms with van der Waals surface area (Å²) in [7, 11) is 0.978. The van der Waals surface area contributed by atoms with Gasteiger partial charge in [-0.05, 0) is 25.8 Å². The second kappa shape index (κ2) is 7.82. The molecule has 17 heavy (non-hydrogen) atoms. The highest BCUT2D eigenvalue weighted by atomic mass is 32.2. The molecule has 1 amide bonds. The lowest BCUT2D eigenvalue weighted by Gasteiger charge is -2.17. The quantitative estimate of drug-likeness (QED) is 0.739. The molecule has 0 spiro atoms. The van der Waals surface area contributed by atoms with Gasteiger partial charge in [-0.15, -0.1) is 0 Å². The van der Waals surface area contributed by atoms with Crippen LogP contribution in [-0.2, 0) is 15.6 Å². The first-order chi connectivity index (χ1) is 8.15. The number of hydrogen-bond donors (Lipinski definition) is 1. The summed E-state index contributed by atoms with van der Waals surface area (Å²) in [5.74, 6) is 0.612. The van der Waals surface area contributed by atoms with E-state index in [1.54, 1.807) is 11.9 Å². The number of nitrogens with two attached hydrogens (primary N) is 1. The summed E-state index contributed by atoms with van der Waals surface area (Å²) in [5.41, 5.74) is 5.40. The van der Waals surface area contributed by atoms with Crippen molar-refractivity contribution in [1.29, 1.82) is 0 Å². The molecule has 5 heteroatoms. The van der Waals surface area contributed by atoms with Crippen molar-refractivity contribution >= 4 is 16.7 Å². The van der Waals surface area contributed by atoms with Crippen LogP contribution in [0.1, 0.15) is 38.5 Å². The van der Waals surface area contributed by atoms with Gasteiger partial charge in [0.05, 0.1) is 0 Å². The molecule has 1 aliphatic carbocycles. The van der Waals surface area contributed by atoms with Gasteiger partial charge in [0.1, 0.15) is 0 Å². The number of rotatable bonds is 7. The number of nitrogens with zero attached hydrogens (tertiary/aromatic N) is 1. The highest BCUT2D eigenvalue weighted by molar-refractivity contribution is 7.85. The SMILES string of the molecule is CN(CCCN)C(=O)CCS(=O)C1CCCC1. The molecule has 0 aromatic carbocycles. The lowest BCUT2D eigenvalue weighted by molar-refractivity contribution is -0.129. The normalized spacial score (nSPS) is 18.2. The van der Waals surface area contributed by atoms with Crippen LogP contribution in [0.2, 0.25) is 0 Å². The van der Waals surface area contributed by atoms with Crippen molar-refractivity contribution in [2.45, 2.75) is 43.8 Å². The fourth-order valence-corrected chi connectivity index (χ4v) is 3.72. The van der Waals surface area contributed by atoms with Gasteiger partial charge in [-0.2, -0.15) is 0 Å². The summed E-state index contributed by atoms with van der Waals surface area (Å²) in [6, 6.07) is 0. The second-order valence-corrected chi connectivity index (χ2v) is 6.54. The van der Waals surface area contributed by atoms with Crippen LogP contribution < -0.4 is 5.73 Å². The van der Waals surface area contributed by atoms with E-state index in [4.69, 9.17) is 5.73 Å². The van der Waals surface area contributed by atoms with Crippen molar-refractivity contribution in [3.05, 3.63) is 0 Å². The molecule has 0 aromatic heterocycles. The van der Waals surface area contributed by atoms with E-state index in [2.05, 4.69) is 0 Å². The molecule has 0 radical (unpaired) electrons. The van der Waals surface area contributed by atoms with Gasteiger partial charge >= 0.3 is 0 Å². The topological polar surface area (TPSA) is 63.4 Å². The Kier molecular flexibility index (Phi) is 6.73. The molecular weight excluding hydrogens is 236 g/mol. The minimum atomic E-state index is -0.810. The number of carbonyl (C=O) groups is 1. The molecule has 1 atom stereocenters. The largest absolute Gasteiger partial charge is 0.346 e. The lowest BCUT2D eigenvalue weighted by atomic mass is 10.3. The van der Waals surface area contributed by atoms with Gasteiger partial charge in [0.15, 0.2) is 0 Å². The molecule has 1 rings (SSSR count). The van der Waals surface area contributed by atoms with E-state index >= 15 is 0 Å². The Hall–Kier alpha value is -0.420. The average molecular weight is 260 g/mol. The Morgan fingerprint density at radius 2 is 2.06 bits per heavy atom. The summed E-state index contributed by atoms with van der Waals surface area (Å²) < 4.78 is 11.9. The molecule has 4 nitrogen and oxygen atoms in total. The summed E-state index contributed by atoms with van der Waals surface area (Å²) >= 11 is 0. The van der Waals surface area contributed by atoms with Gasteiger partial charge in [0, 0.05) is 41.8 Å². The summed E-state index contributed by atoms with van der Waals surface area (Å²) in [5, 5.41) is 0.345. The Bertz CT molecular complexity index is 265. The molecule has 1 fully saturated rings. The third-order valence-corrected chi connectivity index (χ3v) is 5.14. The summed E-state index contributed by atoms with van der Waals surface area (Å²) in [6.45, 7) is 1.30. The van der Waals surface area contributed by atoms with Crippen molar-refractivity contribution in [2.75, 3.05) is 25.9 Å². The number of amides is 1. The maximum absolute atomic E-state index is 11.9. The van der Waals surface area contributed by atoms with Gasteiger partial charge in [-0.25, -0.2) is 0 Å². The Labute approximate surface area is 106 Å². The van der Waals surface area contributed by atoms with Crippen molar-refractivity contribution in [1.82, 2.24) is 4.90 Å². The zero-order valence-corrected chi connectivity index (χ0v) is 11.5. The van der Waals surface area contributed by atoms with Crippen molar-refractivity contribution in [2.24, 2.45) is 5.73 Å². The van der Waals surface area contributed by atoms with E-state index in [0.717, 1.165) is 19.3 Å². The van der Waals surface area contributed by atoms with Crippen LogP contribution in [0.15, 0.2) is 0 Å². The Balaban J connectivity index is 2.20. The van der Waals surface area contributed by atoms with Crippen LogP contribution in [0, 0.1) is 0 Å². The minimum Gasteiger partial charge on any atom is -0.346 e. The van der Waals surface area contributed by atoms with Gasteiger partial charge in [0.25, 0.3) is 0 Å². The smallest absolute Gasteiger partial charge is 0.223 e. The van der Waals surface area contributed by atoms with E-state index in [-0.39, 0.29) is 5.91 Å². The lowest BCUT2D eigenvalue weighted by Crippen LogP contribution is -2.30. The van der Waals surface area contributed by atoms with Gasteiger partial charge in [-0.3, -0.25) is 9.00 Å². The second-order valence-electron chi connectivity index (χ2n) is 4.70. The van der Waals surface area contributed by atoms with E-state index < -0.39 is 10.8 Å². The van der Waals surface area contributed by atoms with Crippen LogP contribution in [0.25, 0.3) is 0 Å². The molecule has 0 bridgehead atoms. The molecule has 0 aliphatic heterocycles. The first-order valence-corrected chi connectivity index (χ1v) is 7.84. The molecule has 100 valence electrons. The van der Waals surface area contributed by atoms with E-state index in [0.29, 0.717) is 30.5 Å². The highest BCUT2D eigenvalue weighted by Crippen LogP contribution is 2.23. The molecule has 1 unspecified atom stereocenters. The predicted molar refractivity (Wildman–Crippen MR) is 71.2 cm³/mol. The van der Waals surface area contributed by atoms with Crippen molar-refractivity contribution in [3.63, 3.8) is 0 Å². The van der Waals surface area contributed by atoms with Crippen LogP contribution in [0.4, 0.5) is 0 Å². The fraction of sp³-hybridized carbons (Fsp3) is 0.917. The number of hydrogen-bond acceptors (Lipinski definition) is 3. The Morgan fingerprint density at radius 1 is 1.41 bits per heavy atom.